The van der Waals surface area contributed by atoms with E-state index in [-0.39, 0.29) is 0 Å². The van der Waals surface area contributed by atoms with Crippen molar-refractivity contribution < 1.29 is 9.53 Å². The molecule has 0 bridgehead atoms. The maximum atomic E-state index is 12.1. The van der Waals surface area contributed by atoms with Crippen molar-refractivity contribution in [2.45, 2.75) is 58.0 Å². The molecule has 0 aliphatic carbocycles. The van der Waals surface area contributed by atoms with Gasteiger partial charge in [-0.3, -0.25) is 14.7 Å². The van der Waals surface area contributed by atoms with Crippen molar-refractivity contribution >= 4 is 17.6 Å². The normalized spacial score (nSPS) is 25.3. The van der Waals surface area contributed by atoms with Crippen LogP contribution in [0.5, 0.6) is 0 Å². The van der Waals surface area contributed by atoms with Gasteiger partial charge in [0.15, 0.2) is 5.96 Å². The first-order valence-corrected chi connectivity index (χ1v) is 12.3. The fraction of sp³-hybridized carbons (Fsp3) is 0.680. The van der Waals surface area contributed by atoms with Crippen LogP contribution >= 0.6 is 0 Å². The molecule has 1 amide bonds. The number of nitrogens with one attached hydrogen (secondary N) is 1. The molecule has 0 saturated carbocycles. The van der Waals surface area contributed by atoms with Crippen LogP contribution in [-0.4, -0.2) is 86.2 Å². The summed E-state index contributed by atoms with van der Waals surface area (Å²) in [7, 11) is 0. The van der Waals surface area contributed by atoms with E-state index in [1.807, 2.05) is 4.90 Å². The number of fused-ring (bicyclic) bond motifs is 1. The largest absolute Gasteiger partial charge is 0.379 e. The number of hydrogen-bond acceptors (Lipinski definition) is 4. The van der Waals surface area contributed by atoms with Gasteiger partial charge >= 0.3 is 0 Å². The van der Waals surface area contributed by atoms with Crippen molar-refractivity contribution in [3.63, 3.8) is 0 Å². The van der Waals surface area contributed by atoms with Crippen molar-refractivity contribution in [1.82, 2.24) is 15.1 Å². The van der Waals surface area contributed by atoms with E-state index in [1.165, 1.54) is 11.3 Å². The Hall–Kier alpha value is -2.12. The van der Waals surface area contributed by atoms with Crippen LogP contribution in [0.3, 0.4) is 0 Å². The van der Waals surface area contributed by atoms with Crippen LogP contribution in [0.1, 0.15) is 51.5 Å². The van der Waals surface area contributed by atoms with E-state index in [0.29, 0.717) is 30.3 Å². The van der Waals surface area contributed by atoms with Crippen LogP contribution < -0.4 is 10.2 Å². The number of amides is 1. The van der Waals surface area contributed by atoms with Gasteiger partial charge in [0, 0.05) is 62.8 Å². The van der Waals surface area contributed by atoms with Gasteiger partial charge in [-0.25, -0.2) is 0 Å². The van der Waals surface area contributed by atoms with Crippen LogP contribution in [0.2, 0.25) is 0 Å². The molecule has 1 aromatic carbocycles. The van der Waals surface area contributed by atoms with Crippen LogP contribution in [0.4, 0.5) is 5.69 Å². The number of hydrogen-bond donors (Lipinski definition) is 1. The summed E-state index contributed by atoms with van der Waals surface area (Å²) in [5.74, 6) is 1.70. The summed E-state index contributed by atoms with van der Waals surface area (Å²) in [6.45, 7) is 13.5. The van der Waals surface area contributed by atoms with Gasteiger partial charge in [-0.1, -0.05) is 18.2 Å². The SMILES string of the molecule is CCNC(=NCC(C)N1CCOCC1C)N1CC(CCN2CCCC2=O)c2ccccc21. The fourth-order valence-corrected chi connectivity index (χ4v) is 5.31. The highest BCUT2D eigenvalue weighted by atomic mass is 16.5. The Balaban J connectivity index is 1.46. The molecule has 3 heterocycles. The predicted molar refractivity (Wildman–Crippen MR) is 129 cm³/mol. The first-order valence-electron chi connectivity index (χ1n) is 12.3. The topological polar surface area (TPSA) is 60.4 Å². The summed E-state index contributed by atoms with van der Waals surface area (Å²) >= 11 is 0. The Morgan fingerprint density at radius 1 is 1.31 bits per heavy atom. The van der Waals surface area contributed by atoms with Crippen molar-refractivity contribution in [2.24, 2.45) is 4.99 Å². The summed E-state index contributed by atoms with van der Waals surface area (Å²) in [5, 5.41) is 3.53. The number of anilines is 1. The summed E-state index contributed by atoms with van der Waals surface area (Å²) < 4.78 is 5.60. The number of rotatable bonds is 7. The van der Waals surface area contributed by atoms with Crippen molar-refractivity contribution in [1.29, 1.82) is 0 Å². The standard InChI is InChI=1S/C25H39N5O2/c1-4-26-25(27-16-19(2)29-14-15-32-18-20(29)3)30-17-21(22-8-5-6-9-23(22)30)11-13-28-12-7-10-24(28)31/h5-6,8-9,19-21H,4,7,10-18H2,1-3H3,(H,26,27). The van der Waals surface area contributed by atoms with Crippen LogP contribution in [0.15, 0.2) is 29.3 Å². The highest BCUT2D eigenvalue weighted by molar-refractivity contribution is 5.98. The molecular formula is C25H39N5O2. The molecule has 7 nitrogen and oxygen atoms in total. The summed E-state index contributed by atoms with van der Waals surface area (Å²) in [5.41, 5.74) is 2.62. The predicted octanol–water partition coefficient (Wildman–Crippen LogP) is 2.68. The zero-order valence-corrected chi connectivity index (χ0v) is 19.9. The number of carbonyl (C=O) groups is 1. The third kappa shape index (κ3) is 5.09. The zero-order chi connectivity index (χ0) is 22.5. The quantitative estimate of drug-likeness (QED) is 0.521. The van der Waals surface area contributed by atoms with Crippen molar-refractivity contribution in [2.75, 3.05) is 57.4 Å². The molecule has 3 aliphatic rings. The maximum Gasteiger partial charge on any atom is 0.222 e. The minimum Gasteiger partial charge on any atom is -0.379 e. The number of likely N-dealkylation sites (tertiary alicyclic amines) is 1. The van der Waals surface area contributed by atoms with Gasteiger partial charge in [-0.2, -0.15) is 0 Å². The molecule has 0 spiro atoms. The van der Waals surface area contributed by atoms with Gasteiger partial charge in [0.25, 0.3) is 0 Å². The second-order valence-corrected chi connectivity index (χ2v) is 9.34. The van der Waals surface area contributed by atoms with E-state index in [2.05, 4.69) is 60.2 Å². The number of morpholine rings is 1. The molecule has 1 N–H and O–H groups in total. The van der Waals surface area contributed by atoms with Gasteiger partial charge in [0.2, 0.25) is 5.91 Å². The van der Waals surface area contributed by atoms with Crippen LogP contribution in [0, 0.1) is 0 Å². The maximum absolute atomic E-state index is 12.1. The number of ether oxygens (including phenoxy) is 1. The number of guanidine groups is 1. The molecule has 1 aromatic rings. The average Bonchev–Trinajstić information content (AvgIpc) is 3.38. The summed E-state index contributed by atoms with van der Waals surface area (Å²) in [6, 6.07) is 9.49. The van der Waals surface area contributed by atoms with Crippen LogP contribution in [0.25, 0.3) is 0 Å². The monoisotopic (exact) mass is 441 g/mol. The number of nitrogens with zero attached hydrogens (tertiary/aromatic N) is 4. The number of para-hydroxylation sites is 1. The molecule has 2 fully saturated rings. The van der Waals surface area contributed by atoms with Gasteiger partial charge in [0.1, 0.15) is 0 Å². The fourth-order valence-electron chi connectivity index (χ4n) is 5.31. The Bertz CT molecular complexity index is 813. The van der Waals surface area contributed by atoms with E-state index in [9.17, 15) is 4.79 Å². The first kappa shape index (κ1) is 23.1. The summed E-state index contributed by atoms with van der Waals surface area (Å²) in [4.78, 5) is 24.0. The third-order valence-electron chi connectivity index (χ3n) is 7.07. The molecule has 4 rings (SSSR count). The molecule has 0 aromatic heterocycles. The van der Waals surface area contributed by atoms with E-state index in [0.717, 1.165) is 71.3 Å². The molecular weight excluding hydrogens is 402 g/mol. The van der Waals surface area contributed by atoms with E-state index in [4.69, 9.17) is 9.73 Å². The van der Waals surface area contributed by atoms with Gasteiger partial charge in [-0.05, 0) is 45.2 Å². The van der Waals surface area contributed by atoms with Crippen molar-refractivity contribution in [3.05, 3.63) is 29.8 Å². The average molecular weight is 442 g/mol. The van der Waals surface area contributed by atoms with Crippen LogP contribution in [-0.2, 0) is 9.53 Å². The lowest BCUT2D eigenvalue weighted by molar-refractivity contribution is -0.127. The highest BCUT2D eigenvalue weighted by Gasteiger charge is 2.32. The lowest BCUT2D eigenvalue weighted by Crippen LogP contribution is -2.50. The number of carbonyl (C=O) groups excluding carboxylic acids is 1. The zero-order valence-electron chi connectivity index (χ0n) is 19.9. The van der Waals surface area contributed by atoms with Gasteiger partial charge in [-0.15, -0.1) is 0 Å². The van der Waals surface area contributed by atoms with Crippen molar-refractivity contribution in [3.8, 4) is 0 Å². The second kappa shape index (κ2) is 10.7. The molecule has 32 heavy (non-hydrogen) atoms. The lowest BCUT2D eigenvalue weighted by Gasteiger charge is -2.37. The third-order valence-corrected chi connectivity index (χ3v) is 7.07. The molecule has 0 radical (unpaired) electrons. The Kier molecular flexibility index (Phi) is 7.68. The lowest BCUT2D eigenvalue weighted by atomic mass is 9.98. The summed E-state index contributed by atoms with van der Waals surface area (Å²) in [6.07, 6.45) is 2.72. The van der Waals surface area contributed by atoms with E-state index >= 15 is 0 Å². The first-order chi connectivity index (χ1) is 15.6. The minimum absolute atomic E-state index is 0.314. The van der Waals surface area contributed by atoms with Gasteiger partial charge in [0.05, 0.1) is 19.8 Å². The molecule has 2 saturated heterocycles. The Morgan fingerprint density at radius 3 is 2.91 bits per heavy atom. The number of aliphatic imine (C=N–C) groups is 1. The minimum atomic E-state index is 0.314. The Morgan fingerprint density at radius 2 is 2.16 bits per heavy atom. The van der Waals surface area contributed by atoms with E-state index < -0.39 is 0 Å². The molecule has 3 atom stereocenters. The molecule has 3 unspecified atom stereocenters. The molecule has 3 aliphatic heterocycles. The number of benzene rings is 1. The molecule has 176 valence electrons. The van der Waals surface area contributed by atoms with Gasteiger partial charge < -0.3 is 19.9 Å². The Labute approximate surface area is 192 Å². The second-order valence-electron chi connectivity index (χ2n) is 9.34. The highest BCUT2D eigenvalue weighted by Crippen LogP contribution is 2.38. The van der Waals surface area contributed by atoms with E-state index in [1.54, 1.807) is 0 Å². The molecule has 7 heteroatoms. The smallest absolute Gasteiger partial charge is 0.222 e.